The number of nitrogens with zero attached hydrogens (tertiary/aromatic N) is 1. The molecular weight excluding hydrogens is 114 g/mol. The van der Waals surface area contributed by atoms with Crippen LogP contribution in [-0.2, 0) is 4.74 Å². The molecule has 0 aromatic carbocycles. The maximum atomic E-state index is 8.27. The van der Waals surface area contributed by atoms with Gasteiger partial charge in [-0.1, -0.05) is 0 Å². The van der Waals surface area contributed by atoms with Crippen LogP contribution in [0.5, 0.6) is 0 Å². The zero-order valence-electron chi connectivity index (χ0n) is 5.76. The zero-order chi connectivity index (χ0) is 7.11. The van der Waals surface area contributed by atoms with Crippen LogP contribution in [0.4, 0.5) is 0 Å². The molecule has 51 valence electrons. The number of ether oxygens (including phenoxy) is 1. The third kappa shape index (κ3) is 5.32. The van der Waals surface area contributed by atoms with E-state index in [4.69, 9.17) is 10.00 Å². The van der Waals surface area contributed by atoms with Gasteiger partial charge in [-0.05, 0) is 20.3 Å². The Morgan fingerprint density at radius 1 is 1.78 bits per heavy atom. The molecule has 1 radical (unpaired) electrons. The molecule has 0 saturated heterocycles. The van der Waals surface area contributed by atoms with Crippen molar-refractivity contribution < 1.29 is 4.74 Å². The lowest BCUT2D eigenvalue weighted by atomic mass is 10.1. The summed E-state index contributed by atoms with van der Waals surface area (Å²) in [6.45, 7) is 6.89. The lowest BCUT2D eigenvalue weighted by Gasteiger charge is -2.00. The molecule has 0 aliphatic carbocycles. The summed E-state index contributed by atoms with van der Waals surface area (Å²) < 4.78 is 5.01. The van der Waals surface area contributed by atoms with E-state index in [-0.39, 0.29) is 5.92 Å². The van der Waals surface area contributed by atoms with E-state index in [1.54, 1.807) is 0 Å². The van der Waals surface area contributed by atoms with Crippen LogP contribution in [-0.4, -0.2) is 13.2 Å². The summed E-state index contributed by atoms with van der Waals surface area (Å²) in [4.78, 5) is 0. The molecule has 2 nitrogen and oxygen atoms in total. The molecule has 0 aromatic heterocycles. The molecule has 0 heterocycles. The Kier molecular flexibility index (Phi) is 5.24. The van der Waals surface area contributed by atoms with Crippen molar-refractivity contribution in [1.29, 1.82) is 5.26 Å². The highest BCUT2D eigenvalue weighted by atomic mass is 16.5. The van der Waals surface area contributed by atoms with Crippen molar-refractivity contribution >= 4 is 0 Å². The van der Waals surface area contributed by atoms with Crippen molar-refractivity contribution in [3.63, 3.8) is 0 Å². The first kappa shape index (κ1) is 8.45. The average Bonchev–Trinajstić information content (AvgIpc) is 1.89. The van der Waals surface area contributed by atoms with Crippen LogP contribution in [0.3, 0.4) is 0 Å². The SMILES string of the molecule is [CH2]C(C#N)CCOCC. The monoisotopic (exact) mass is 126 g/mol. The normalized spacial score (nSPS) is 12.6. The summed E-state index contributed by atoms with van der Waals surface area (Å²) in [6, 6.07) is 2.03. The van der Waals surface area contributed by atoms with E-state index in [0.29, 0.717) is 6.61 Å². The van der Waals surface area contributed by atoms with Crippen LogP contribution >= 0.6 is 0 Å². The molecule has 0 aromatic rings. The Hall–Kier alpha value is -0.550. The minimum atomic E-state index is -0.114. The Balaban J connectivity index is 2.99. The van der Waals surface area contributed by atoms with Gasteiger partial charge in [-0.3, -0.25) is 0 Å². The van der Waals surface area contributed by atoms with Crippen LogP contribution in [0, 0.1) is 24.2 Å². The first-order chi connectivity index (χ1) is 4.31. The predicted octanol–water partition coefficient (Wildman–Crippen LogP) is 1.39. The maximum Gasteiger partial charge on any atom is 0.0656 e. The number of rotatable bonds is 4. The second-order valence-electron chi connectivity index (χ2n) is 1.81. The van der Waals surface area contributed by atoms with Crippen LogP contribution in [0.2, 0.25) is 0 Å². The molecule has 2 heteroatoms. The van der Waals surface area contributed by atoms with Crippen LogP contribution in [0.15, 0.2) is 0 Å². The highest BCUT2D eigenvalue weighted by Gasteiger charge is 1.96. The number of hydrogen-bond acceptors (Lipinski definition) is 2. The van der Waals surface area contributed by atoms with Gasteiger partial charge >= 0.3 is 0 Å². The van der Waals surface area contributed by atoms with E-state index in [1.807, 2.05) is 13.0 Å². The first-order valence-electron chi connectivity index (χ1n) is 3.11. The lowest BCUT2D eigenvalue weighted by Crippen LogP contribution is -1.99. The fourth-order valence-electron chi connectivity index (χ4n) is 0.434. The minimum absolute atomic E-state index is 0.114. The van der Waals surface area contributed by atoms with E-state index in [0.717, 1.165) is 13.0 Å². The molecule has 0 aliphatic heterocycles. The molecule has 0 rings (SSSR count). The van der Waals surface area contributed by atoms with Crippen molar-refractivity contribution in [2.24, 2.45) is 5.92 Å². The highest BCUT2D eigenvalue weighted by Crippen LogP contribution is 1.97. The van der Waals surface area contributed by atoms with E-state index in [1.165, 1.54) is 0 Å². The summed E-state index contributed by atoms with van der Waals surface area (Å²) in [5.74, 6) is -0.114. The Morgan fingerprint density at radius 3 is 2.89 bits per heavy atom. The molecular formula is C7H12NO. The molecule has 0 amide bonds. The van der Waals surface area contributed by atoms with E-state index < -0.39 is 0 Å². The molecule has 0 N–H and O–H groups in total. The summed E-state index contributed by atoms with van der Waals surface area (Å²) in [5.41, 5.74) is 0. The first-order valence-corrected chi connectivity index (χ1v) is 3.11. The van der Waals surface area contributed by atoms with E-state index >= 15 is 0 Å². The van der Waals surface area contributed by atoms with Crippen LogP contribution in [0.1, 0.15) is 13.3 Å². The van der Waals surface area contributed by atoms with Gasteiger partial charge in [-0.25, -0.2) is 0 Å². The van der Waals surface area contributed by atoms with Crippen molar-refractivity contribution in [2.75, 3.05) is 13.2 Å². The number of nitriles is 1. The molecule has 0 saturated carbocycles. The van der Waals surface area contributed by atoms with Gasteiger partial charge in [-0.2, -0.15) is 5.26 Å². The molecule has 1 atom stereocenters. The Bertz CT molecular complexity index is 95.6. The van der Waals surface area contributed by atoms with Gasteiger partial charge in [0.2, 0.25) is 0 Å². The van der Waals surface area contributed by atoms with Gasteiger partial charge in [0.1, 0.15) is 0 Å². The van der Waals surface area contributed by atoms with Crippen LogP contribution < -0.4 is 0 Å². The van der Waals surface area contributed by atoms with E-state index in [9.17, 15) is 0 Å². The van der Waals surface area contributed by atoms with Gasteiger partial charge in [0.15, 0.2) is 0 Å². The van der Waals surface area contributed by atoms with Crippen LogP contribution in [0.25, 0.3) is 0 Å². The van der Waals surface area contributed by atoms with Gasteiger partial charge in [0.25, 0.3) is 0 Å². The standard InChI is InChI=1S/C7H12NO/c1-3-9-5-4-7(2)6-8/h7H,2-5H2,1H3. The summed E-state index contributed by atoms with van der Waals surface area (Å²) in [5, 5.41) is 8.27. The maximum absolute atomic E-state index is 8.27. The van der Waals surface area contributed by atoms with Crippen molar-refractivity contribution in [3.8, 4) is 6.07 Å². The smallest absolute Gasteiger partial charge is 0.0656 e. The topological polar surface area (TPSA) is 33.0 Å². The van der Waals surface area contributed by atoms with Gasteiger partial charge in [0, 0.05) is 19.1 Å². The van der Waals surface area contributed by atoms with Crippen molar-refractivity contribution in [3.05, 3.63) is 6.92 Å². The van der Waals surface area contributed by atoms with Crippen molar-refractivity contribution in [1.82, 2.24) is 0 Å². The van der Waals surface area contributed by atoms with Gasteiger partial charge in [-0.15, -0.1) is 0 Å². The summed E-state index contributed by atoms with van der Waals surface area (Å²) in [6.07, 6.45) is 0.740. The third-order valence-corrected chi connectivity index (χ3v) is 0.997. The fourth-order valence-corrected chi connectivity index (χ4v) is 0.434. The molecule has 1 unspecified atom stereocenters. The molecule has 0 spiro atoms. The second-order valence-corrected chi connectivity index (χ2v) is 1.81. The molecule has 0 aliphatic rings. The Morgan fingerprint density at radius 2 is 2.44 bits per heavy atom. The Labute approximate surface area is 56.4 Å². The quantitative estimate of drug-likeness (QED) is 0.533. The molecule has 9 heavy (non-hydrogen) atoms. The zero-order valence-corrected chi connectivity index (χ0v) is 5.76. The molecule has 0 bridgehead atoms. The summed E-state index contributed by atoms with van der Waals surface area (Å²) >= 11 is 0. The molecule has 0 fully saturated rings. The average molecular weight is 126 g/mol. The second kappa shape index (κ2) is 5.58. The van der Waals surface area contributed by atoms with Gasteiger partial charge in [0.05, 0.1) is 6.07 Å². The largest absolute Gasteiger partial charge is 0.382 e. The minimum Gasteiger partial charge on any atom is -0.382 e. The van der Waals surface area contributed by atoms with Crippen molar-refractivity contribution in [2.45, 2.75) is 13.3 Å². The highest BCUT2D eigenvalue weighted by molar-refractivity contribution is 4.83. The van der Waals surface area contributed by atoms with Gasteiger partial charge < -0.3 is 4.74 Å². The fraction of sp³-hybridized carbons (Fsp3) is 0.714. The third-order valence-electron chi connectivity index (χ3n) is 0.997. The summed E-state index contributed by atoms with van der Waals surface area (Å²) in [7, 11) is 0. The van der Waals surface area contributed by atoms with E-state index in [2.05, 4.69) is 6.92 Å². The predicted molar refractivity (Wildman–Crippen MR) is 35.6 cm³/mol. The lowest BCUT2D eigenvalue weighted by molar-refractivity contribution is 0.141. The number of hydrogen-bond donors (Lipinski definition) is 0.